The highest BCUT2D eigenvalue weighted by molar-refractivity contribution is 7.98. The van der Waals surface area contributed by atoms with Gasteiger partial charge in [0.15, 0.2) is 0 Å². The van der Waals surface area contributed by atoms with E-state index in [1.807, 2.05) is 30.5 Å². The lowest BCUT2D eigenvalue weighted by Crippen LogP contribution is -1.95. The first-order valence-corrected chi connectivity index (χ1v) is 7.80. The number of benzene rings is 1. The number of H-pyrrole nitrogens is 1. The van der Waals surface area contributed by atoms with Crippen molar-refractivity contribution in [2.45, 2.75) is 5.03 Å². The maximum Gasteiger partial charge on any atom is 0.335 e. The number of aromatic amines is 1. The van der Waals surface area contributed by atoms with Gasteiger partial charge in [-0.25, -0.2) is 9.78 Å². The monoisotopic (exact) mass is 311 g/mol. The normalized spacial score (nSPS) is 10.6. The number of aromatic nitrogens is 3. The summed E-state index contributed by atoms with van der Waals surface area (Å²) in [6, 6.07) is 12.5. The standard InChI is InChI=1S/C16H13N3O2S/c1-22-15-12(6-3-7-17-15)14-9-13(18-19-14)10-4-2-5-11(8-10)16(20)21/h2-9H,1H3,(H,18,19)(H,20,21). The van der Waals surface area contributed by atoms with Gasteiger partial charge in [-0.2, -0.15) is 5.10 Å². The van der Waals surface area contributed by atoms with Gasteiger partial charge in [0.2, 0.25) is 0 Å². The molecular formula is C16H13N3O2S. The van der Waals surface area contributed by atoms with Gasteiger partial charge in [0, 0.05) is 17.3 Å². The third-order valence-electron chi connectivity index (χ3n) is 3.24. The quantitative estimate of drug-likeness (QED) is 0.720. The Morgan fingerprint density at radius 1 is 1.23 bits per heavy atom. The van der Waals surface area contributed by atoms with Crippen molar-refractivity contribution in [1.29, 1.82) is 0 Å². The van der Waals surface area contributed by atoms with Crippen molar-refractivity contribution in [2.75, 3.05) is 6.26 Å². The molecule has 0 aliphatic rings. The number of carbonyl (C=O) groups is 1. The number of pyridine rings is 1. The van der Waals surface area contributed by atoms with Crippen molar-refractivity contribution < 1.29 is 9.90 Å². The van der Waals surface area contributed by atoms with Crippen molar-refractivity contribution in [3.05, 3.63) is 54.2 Å². The number of carboxylic acids is 1. The zero-order valence-corrected chi connectivity index (χ0v) is 12.6. The molecule has 0 bridgehead atoms. The first-order valence-electron chi connectivity index (χ1n) is 6.57. The number of aromatic carboxylic acids is 1. The largest absolute Gasteiger partial charge is 0.478 e. The molecule has 0 saturated heterocycles. The SMILES string of the molecule is CSc1ncccc1-c1cc(-c2cccc(C(=O)O)c2)n[nH]1. The number of rotatable bonds is 4. The van der Waals surface area contributed by atoms with E-state index in [-0.39, 0.29) is 5.56 Å². The van der Waals surface area contributed by atoms with E-state index in [0.29, 0.717) is 5.69 Å². The zero-order valence-electron chi connectivity index (χ0n) is 11.8. The molecule has 22 heavy (non-hydrogen) atoms. The molecule has 0 aliphatic heterocycles. The number of hydrogen-bond donors (Lipinski definition) is 2. The van der Waals surface area contributed by atoms with Crippen molar-refractivity contribution in [3.63, 3.8) is 0 Å². The summed E-state index contributed by atoms with van der Waals surface area (Å²) in [6.07, 6.45) is 3.72. The van der Waals surface area contributed by atoms with Crippen molar-refractivity contribution in [1.82, 2.24) is 15.2 Å². The van der Waals surface area contributed by atoms with Crippen molar-refractivity contribution >= 4 is 17.7 Å². The molecule has 0 atom stereocenters. The number of thioether (sulfide) groups is 1. The molecule has 2 aromatic heterocycles. The average Bonchev–Trinajstić information content (AvgIpc) is 3.04. The van der Waals surface area contributed by atoms with Gasteiger partial charge < -0.3 is 5.11 Å². The van der Waals surface area contributed by atoms with Crippen LogP contribution >= 0.6 is 11.8 Å². The average molecular weight is 311 g/mol. The minimum atomic E-state index is -0.950. The fraction of sp³-hybridized carbons (Fsp3) is 0.0625. The Kier molecular flexibility index (Phi) is 3.93. The van der Waals surface area contributed by atoms with Crippen molar-refractivity contribution in [3.8, 4) is 22.5 Å². The Morgan fingerprint density at radius 3 is 2.86 bits per heavy atom. The summed E-state index contributed by atoms with van der Waals surface area (Å²) in [6.45, 7) is 0. The summed E-state index contributed by atoms with van der Waals surface area (Å²) in [4.78, 5) is 15.4. The molecule has 0 spiro atoms. The van der Waals surface area contributed by atoms with E-state index >= 15 is 0 Å². The fourth-order valence-corrected chi connectivity index (χ4v) is 2.74. The minimum absolute atomic E-state index is 0.244. The number of hydrogen-bond acceptors (Lipinski definition) is 4. The predicted octanol–water partition coefficient (Wildman–Crippen LogP) is 3.56. The maximum atomic E-state index is 11.1. The molecule has 0 saturated carbocycles. The summed E-state index contributed by atoms with van der Waals surface area (Å²) in [5.74, 6) is -0.950. The summed E-state index contributed by atoms with van der Waals surface area (Å²) in [5, 5.41) is 17.3. The number of nitrogens with one attached hydrogen (secondary N) is 1. The van der Waals surface area contributed by atoms with Gasteiger partial charge >= 0.3 is 5.97 Å². The molecule has 2 heterocycles. The minimum Gasteiger partial charge on any atom is -0.478 e. The van der Waals surface area contributed by atoms with Crippen LogP contribution in [0.2, 0.25) is 0 Å². The molecule has 5 nitrogen and oxygen atoms in total. The molecule has 6 heteroatoms. The number of nitrogens with zero attached hydrogens (tertiary/aromatic N) is 2. The predicted molar refractivity (Wildman–Crippen MR) is 86.0 cm³/mol. The van der Waals surface area contributed by atoms with Crippen LogP contribution in [0.3, 0.4) is 0 Å². The van der Waals surface area contributed by atoms with E-state index in [0.717, 1.165) is 21.8 Å². The lowest BCUT2D eigenvalue weighted by Gasteiger charge is -2.02. The van der Waals surface area contributed by atoms with Crippen LogP contribution in [0.4, 0.5) is 0 Å². The van der Waals surface area contributed by atoms with Crippen LogP contribution in [0.25, 0.3) is 22.5 Å². The molecule has 0 aliphatic carbocycles. The Morgan fingerprint density at radius 2 is 2.09 bits per heavy atom. The molecule has 0 unspecified atom stereocenters. The Balaban J connectivity index is 2.01. The third kappa shape index (κ3) is 2.73. The van der Waals surface area contributed by atoms with Crippen LogP contribution in [-0.2, 0) is 0 Å². The zero-order chi connectivity index (χ0) is 15.5. The molecule has 0 fully saturated rings. The lowest BCUT2D eigenvalue weighted by atomic mass is 10.1. The maximum absolute atomic E-state index is 11.1. The fourth-order valence-electron chi connectivity index (χ4n) is 2.18. The second-order valence-electron chi connectivity index (χ2n) is 4.61. The van der Waals surface area contributed by atoms with Crippen LogP contribution in [0.5, 0.6) is 0 Å². The summed E-state index contributed by atoms with van der Waals surface area (Å²) in [5.41, 5.74) is 3.54. The third-order valence-corrected chi connectivity index (χ3v) is 3.95. The highest BCUT2D eigenvalue weighted by Gasteiger charge is 2.11. The van der Waals surface area contributed by atoms with E-state index in [1.54, 1.807) is 36.2 Å². The topological polar surface area (TPSA) is 78.9 Å². The summed E-state index contributed by atoms with van der Waals surface area (Å²) in [7, 11) is 0. The Labute approximate surface area is 131 Å². The first kappa shape index (κ1) is 14.3. The second-order valence-corrected chi connectivity index (χ2v) is 5.41. The van der Waals surface area contributed by atoms with Crippen LogP contribution in [0.15, 0.2) is 53.7 Å². The van der Waals surface area contributed by atoms with Gasteiger partial charge in [-0.3, -0.25) is 5.10 Å². The molecular weight excluding hydrogens is 298 g/mol. The van der Waals surface area contributed by atoms with E-state index in [2.05, 4.69) is 15.2 Å². The molecule has 0 amide bonds. The smallest absolute Gasteiger partial charge is 0.335 e. The second kappa shape index (κ2) is 6.03. The van der Waals surface area contributed by atoms with E-state index < -0.39 is 5.97 Å². The highest BCUT2D eigenvalue weighted by atomic mass is 32.2. The van der Waals surface area contributed by atoms with E-state index in [4.69, 9.17) is 5.11 Å². The van der Waals surface area contributed by atoms with Crippen LogP contribution in [0, 0.1) is 0 Å². The number of carboxylic acid groups (broad SMARTS) is 1. The molecule has 0 radical (unpaired) electrons. The van der Waals surface area contributed by atoms with Crippen LogP contribution in [0.1, 0.15) is 10.4 Å². The van der Waals surface area contributed by atoms with Crippen molar-refractivity contribution in [2.24, 2.45) is 0 Å². The van der Waals surface area contributed by atoms with Gasteiger partial charge in [-0.1, -0.05) is 12.1 Å². The van der Waals surface area contributed by atoms with Gasteiger partial charge in [0.05, 0.1) is 17.0 Å². The van der Waals surface area contributed by atoms with Crippen LogP contribution in [-0.4, -0.2) is 32.5 Å². The molecule has 2 N–H and O–H groups in total. The first-order chi connectivity index (χ1) is 10.7. The van der Waals surface area contributed by atoms with Gasteiger partial charge in [-0.05, 0) is 36.6 Å². The summed E-state index contributed by atoms with van der Waals surface area (Å²) >= 11 is 1.57. The van der Waals surface area contributed by atoms with Gasteiger partial charge in [0.25, 0.3) is 0 Å². The van der Waals surface area contributed by atoms with Crippen LogP contribution < -0.4 is 0 Å². The molecule has 3 aromatic rings. The summed E-state index contributed by atoms with van der Waals surface area (Å²) < 4.78 is 0. The Hall–Kier alpha value is -2.60. The molecule has 3 rings (SSSR count). The lowest BCUT2D eigenvalue weighted by molar-refractivity contribution is 0.0697. The van der Waals surface area contributed by atoms with E-state index in [9.17, 15) is 4.79 Å². The van der Waals surface area contributed by atoms with E-state index in [1.165, 1.54) is 0 Å². The Bertz CT molecular complexity index is 830. The molecule has 1 aromatic carbocycles. The molecule has 110 valence electrons. The highest BCUT2D eigenvalue weighted by Crippen LogP contribution is 2.29. The van der Waals surface area contributed by atoms with Gasteiger partial charge in [-0.15, -0.1) is 11.8 Å². The van der Waals surface area contributed by atoms with Gasteiger partial charge in [0.1, 0.15) is 5.03 Å².